The molecule has 2 rings (SSSR count). The molecule has 1 amide bonds. The summed E-state index contributed by atoms with van der Waals surface area (Å²) in [7, 11) is 1.96. The molecule has 1 aliphatic carbocycles. The first-order chi connectivity index (χ1) is 7.75. The van der Waals surface area contributed by atoms with E-state index in [0.717, 1.165) is 38.4 Å². The van der Waals surface area contributed by atoms with Gasteiger partial charge in [0, 0.05) is 20.0 Å². The second-order valence-electron chi connectivity index (χ2n) is 5.47. The third kappa shape index (κ3) is 3.21. The Morgan fingerprint density at radius 1 is 1.31 bits per heavy atom. The highest BCUT2D eigenvalue weighted by molar-refractivity contribution is 5.75. The molecule has 1 heterocycles. The summed E-state index contributed by atoms with van der Waals surface area (Å²) in [6.07, 6.45) is 7.18. The molecule has 3 heteroatoms. The first kappa shape index (κ1) is 11.9. The van der Waals surface area contributed by atoms with Crippen molar-refractivity contribution in [3.63, 3.8) is 0 Å². The molecule has 0 bridgehead atoms. The van der Waals surface area contributed by atoms with Crippen LogP contribution in [0.4, 0.5) is 0 Å². The van der Waals surface area contributed by atoms with Crippen molar-refractivity contribution in [1.29, 1.82) is 0 Å². The fraction of sp³-hybridized carbons (Fsp3) is 0.923. The van der Waals surface area contributed by atoms with Crippen molar-refractivity contribution in [1.82, 2.24) is 10.2 Å². The number of hydrogen-bond donors (Lipinski definition) is 1. The molecule has 92 valence electrons. The number of nitrogens with zero attached hydrogens (tertiary/aromatic N) is 1. The van der Waals surface area contributed by atoms with Crippen LogP contribution in [-0.4, -0.2) is 37.5 Å². The van der Waals surface area contributed by atoms with E-state index >= 15 is 0 Å². The fourth-order valence-electron chi connectivity index (χ4n) is 2.66. The van der Waals surface area contributed by atoms with Crippen molar-refractivity contribution in [2.45, 2.75) is 38.5 Å². The van der Waals surface area contributed by atoms with Crippen LogP contribution in [0.1, 0.15) is 38.5 Å². The predicted octanol–water partition coefficient (Wildman–Crippen LogP) is 1.63. The van der Waals surface area contributed by atoms with Gasteiger partial charge in [-0.1, -0.05) is 19.3 Å². The van der Waals surface area contributed by atoms with E-state index in [4.69, 9.17) is 0 Å². The molecular formula is C13H24N2O. The van der Waals surface area contributed by atoms with Crippen molar-refractivity contribution < 1.29 is 4.79 Å². The zero-order valence-electron chi connectivity index (χ0n) is 10.4. The van der Waals surface area contributed by atoms with Gasteiger partial charge in [-0.25, -0.2) is 0 Å². The third-order valence-electron chi connectivity index (χ3n) is 4.11. The molecule has 0 aromatic heterocycles. The van der Waals surface area contributed by atoms with Crippen LogP contribution in [0.2, 0.25) is 0 Å². The van der Waals surface area contributed by atoms with Crippen molar-refractivity contribution >= 4 is 5.91 Å². The lowest BCUT2D eigenvalue weighted by atomic mass is 9.82. The molecule has 0 aromatic rings. The maximum Gasteiger partial charge on any atom is 0.222 e. The van der Waals surface area contributed by atoms with E-state index in [-0.39, 0.29) is 0 Å². The summed E-state index contributed by atoms with van der Waals surface area (Å²) in [5, 5.41) is 3.35. The van der Waals surface area contributed by atoms with E-state index in [1.807, 2.05) is 11.9 Å². The molecule has 1 N–H and O–H groups in total. The normalized spacial score (nSPS) is 25.4. The Hall–Kier alpha value is -0.570. The molecule has 1 atom stereocenters. The van der Waals surface area contributed by atoms with Gasteiger partial charge in [0.1, 0.15) is 0 Å². The van der Waals surface area contributed by atoms with Gasteiger partial charge in [0.15, 0.2) is 0 Å². The summed E-state index contributed by atoms with van der Waals surface area (Å²) in [5.41, 5.74) is 0. The summed E-state index contributed by atoms with van der Waals surface area (Å²) >= 11 is 0. The Bertz CT molecular complexity index is 232. The molecule has 0 aromatic carbocycles. The van der Waals surface area contributed by atoms with Crippen LogP contribution in [0.25, 0.3) is 0 Å². The lowest BCUT2D eigenvalue weighted by Gasteiger charge is -2.26. The van der Waals surface area contributed by atoms with Gasteiger partial charge in [-0.3, -0.25) is 4.79 Å². The maximum atomic E-state index is 11.9. The van der Waals surface area contributed by atoms with Crippen LogP contribution in [0.3, 0.4) is 0 Å². The summed E-state index contributed by atoms with van der Waals surface area (Å²) in [4.78, 5) is 13.8. The average molecular weight is 224 g/mol. The van der Waals surface area contributed by atoms with E-state index < -0.39 is 0 Å². The van der Waals surface area contributed by atoms with Crippen molar-refractivity contribution in [3.05, 3.63) is 0 Å². The number of amides is 1. The highest BCUT2D eigenvalue weighted by atomic mass is 16.2. The molecule has 16 heavy (non-hydrogen) atoms. The van der Waals surface area contributed by atoms with E-state index in [1.165, 1.54) is 25.7 Å². The zero-order chi connectivity index (χ0) is 11.4. The van der Waals surface area contributed by atoms with E-state index in [1.54, 1.807) is 0 Å². The van der Waals surface area contributed by atoms with Gasteiger partial charge in [0.2, 0.25) is 5.91 Å². The monoisotopic (exact) mass is 224 g/mol. The molecule has 3 nitrogen and oxygen atoms in total. The number of nitrogens with one attached hydrogen (secondary N) is 1. The smallest absolute Gasteiger partial charge is 0.222 e. The van der Waals surface area contributed by atoms with Gasteiger partial charge in [0.05, 0.1) is 0 Å². The minimum absolute atomic E-state index is 0.346. The topological polar surface area (TPSA) is 32.3 Å². The van der Waals surface area contributed by atoms with Crippen LogP contribution >= 0.6 is 0 Å². The molecule has 0 spiro atoms. The molecule has 1 saturated carbocycles. The maximum absolute atomic E-state index is 11.9. The molecule has 1 saturated heterocycles. The Morgan fingerprint density at radius 2 is 2.12 bits per heavy atom. The van der Waals surface area contributed by atoms with Crippen molar-refractivity contribution in [2.75, 3.05) is 26.7 Å². The van der Waals surface area contributed by atoms with Gasteiger partial charge in [-0.05, 0) is 37.8 Å². The Labute approximate surface area is 98.6 Å². The van der Waals surface area contributed by atoms with Crippen molar-refractivity contribution in [2.24, 2.45) is 11.8 Å². The van der Waals surface area contributed by atoms with E-state index in [9.17, 15) is 4.79 Å². The summed E-state index contributed by atoms with van der Waals surface area (Å²) in [6, 6.07) is 0. The second-order valence-corrected chi connectivity index (χ2v) is 5.47. The molecule has 0 radical (unpaired) electrons. The number of carbonyl (C=O) groups is 1. The summed E-state index contributed by atoms with van der Waals surface area (Å²) in [6.45, 7) is 3.14. The average Bonchev–Trinajstić information content (AvgIpc) is 2.67. The Kier molecular flexibility index (Phi) is 4.22. The SMILES string of the molecule is CN(CC1CCNC1)C(=O)CCC1CCC1. The van der Waals surface area contributed by atoms with Crippen LogP contribution in [0.15, 0.2) is 0 Å². The number of carbonyl (C=O) groups excluding carboxylic acids is 1. The van der Waals surface area contributed by atoms with Gasteiger partial charge in [-0.15, -0.1) is 0 Å². The standard InChI is InChI=1S/C13H24N2O/c1-15(10-12-7-8-14-9-12)13(16)6-5-11-3-2-4-11/h11-12,14H,2-10H2,1H3. The molecule has 2 fully saturated rings. The third-order valence-corrected chi connectivity index (χ3v) is 4.11. The highest BCUT2D eigenvalue weighted by Gasteiger charge is 2.21. The largest absolute Gasteiger partial charge is 0.345 e. The fourth-order valence-corrected chi connectivity index (χ4v) is 2.66. The Morgan fingerprint density at radius 3 is 2.69 bits per heavy atom. The predicted molar refractivity (Wildman–Crippen MR) is 65.2 cm³/mol. The lowest BCUT2D eigenvalue weighted by Crippen LogP contribution is -2.33. The van der Waals surface area contributed by atoms with Crippen LogP contribution < -0.4 is 5.32 Å². The van der Waals surface area contributed by atoms with E-state index in [0.29, 0.717) is 11.8 Å². The molecule has 1 aliphatic heterocycles. The first-order valence-electron chi connectivity index (χ1n) is 6.70. The van der Waals surface area contributed by atoms with Crippen molar-refractivity contribution in [3.8, 4) is 0 Å². The van der Waals surface area contributed by atoms with Gasteiger partial charge >= 0.3 is 0 Å². The zero-order valence-corrected chi connectivity index (χ0v) is 10.4. The second kappa shape index (κ2) is 5.67. The van der Waals surface area contributed by atoms with Crippen LogP contribution in [0, 0.1) is 11.8 Å². The first-order valence-corrected chi connectivity index (χ1v) is 6.70. The minimum Gasteiger partial charge on any atom is -0.345 e. The number of hydrogen-bond acceptors (Lipinski definition) is 2. The van der Waals surface area contributed by atoms with Gasteiger partial charge < -0.3 is 10.2 Å². The Balaban J connectivity index is 1.62. The number of rotatable bonds is 5. The molecular weight excluding hydrogens is 200 g/mol. The molecule has 1 unspecified atom stereocenters. The van der Waals surface area contributed by atoms with Crippen LogP contribution in [0.5, 0.6) is 0 Å². The lowest BCUT2D eigenvalue weighted by molar-refractivity contribution is -0.130. The van der Waals surface area contributed by atoms with Gasteiger partial charge in [-0.2, -0.15) is 0 Å². The molecule has 2 aliphatic rings. The van der Waals surface area contributed by atoms with Crippen LogP contribution in [-0.2, 0) is 4.79 Å². The van der Waals surface area contributed by atoms with E-state index in [2.05, 4.69) is 5.32 Å². The summed E-state index contributed by atoms with van der Waals surface area (Å²) < 4.78 is 0. The highest BCUT2D eigenvalue weighted by Crippen LogP contribution is 2.30. The minimum atomic E-state index is 0.346. The quantitative estimate of drug-likeness (QED) is 0.770. The van der Waals surface area contributed by atoms with Gasteiger partial charge in [0.25, 0.3) is 0 Å². The summed E-state index contributed by atoms with van der Waals surface area (Å²) in [5.74, 6) is 1.88.